The van der Waals surface area contributed by atoms with Gasteiger partial charge in [-0.2, -0.15) is 0 Å². The van der Waals surface area contributed by atoms with Crippen LogP contribution >= 0.6 is 7.82 Å². The van der Waals surface area contributed by atoms with Crippen LogP contribution in [0.15, 0.2) is 11.6 Å². The minimum absolute atomic E-state index is 0.317. The molecule has 0 aromatic rings. The second kappa shape index (κ2) is 7.03. The largest absolute Gasteiger partial charge is 0.475 e. The zero-order valence-electron chi connectivity index (χ0n) is 12.8. The van der Waals surface area contributed by atoms with E-state index in [1.807, 2.05) is 13.8 Å². The quantitative estimate of drug-likeness (QED) is 0.503. The van der Waals surface area contributed by atoms with E-state index in [2.05, 4.69) is 13.0 Å². The van der Waals surface area contributed by atoms with Crippen molar-refractivity contribution in [3.63, 3.8) is 0 Å². The minimum atomic E-state index is -3.44. The van der Waals surface area contributed by atoms with Crippen molar-refractivity contribution in [1.29, 1.82) is 0 Å². The van der Waals surface area contributed by atoms with Gasteiger partial charge >= 0.3 is 7.82 Å². The van der Waals surface area contributed by atoms with Crippen molar-refractivity contribution in [2.24, 2.45) is 5.92 Å². The maximum Gasteiger partial charge on any atom is 0.475 e. The van der Waals surface area contributed by atoms with Crippen molar-refractivity contribution in [2.45, 2.75) is 59.5 Å². The molecule has 0 fully saturated rings. The van der Waals surface area contributed by atoms with Gasteiger partial charge in [0.25, 0.3) is 0 Å². The highest BCUT2D eigenvalue weighted by Gasteiger charge is 2.39. The van der Waals surface area contributed by atoms with Gasteiger partial charge in [0.1, 0.15) is 0 Å². The van der Waals surface area contributed by atoms with E-state index >= 15 is 0 Å². The molecule has 5 heteroatoms. The van der Waals surface area contributed by atoms with Crippen LogP contribution < -0.4 is 0 Å². The fourth-order valence-corrected chi connectivity index (χ4v) is 3.90. The molecular formula is C14H27O4P. The molecule has 1 unspecified atom stereocenters. The van der Waals surface area contributed by atoms with E-state index in [4.69, 9.17) is 13.6 Å². The summed E-state index contributed by atoms with van der Waals surface area (Å²) in [4.78, 5) is 0. The van der Waals surface area contributed by atoms with Gasteiger partial charge in [0.2, 0.25) is 0 Å². The molecule has 0 amide bonds. The Bertz CT molecular complexity index is 352. The summed E-state index contributed by atoms with van der Waals surface area (Å²) in [5, 5.41) is 0. The van der Waals surface area contributed by atoms with E-state index in [1.165, 1.54) is 5.57 Å². The van der Waals surface area contributed by atoms with E-state index in [9.17, 15) is 4.57 Å². The summed E-state index contributed by atoms with van der Waals surface area (Å²) in [6.45, 7) is 10.3. The number of rotatable bonds is 7. The molecule has 0 N–H and O–H groups in total. The highest BCUT2D eigenvalue weighted by molar-refractivity contribution is 7.48. The van der Waals surface area contributed by atoms with Crippen LogP contribution in [0, 0.1) is 5.92 Å². The van der Waals surface area contributed by atoms with Gasteiger partial charge in [0.05, 0.1) is 18.8 Å². The van der Waals surface area contributed by atoms with Gasteiger partial charge in [-0.25, -0.2) is 4.57 Å². The molecule has 0 saturated heterocycles. The molecule has 0 heterocycles. The zero-order valence-corrected chi connectivity index (χ0v) is 13.7. The van der Waals surface area contributed by atoms with Crippen LogP contribution in [0.25, 0.3) is 0 Å². The fraction of sp³-hybridized carbons (Fsp3) is 0.857. The molecule has 19 heavy (non-hydrogen) atoms. The standard InChI is InChI=1S/C14H27O4P/c1-6-16-19(15,17-7-2)18-14(4,5)13-10-8-12(3)9-11-13/h8,13H,6-7,9-11H2,1-5H3. The summed E-state index contributed by atoms with van der Waals surface area (Å²) in [6.07, 6.45) is 5.32. The third-order valence-electron chi connectivity index (χ3n) is 3.54. The third-order valence-corrected chi connectivity index (χ3v) is 5.39. The van der Waals surface area contributed by atoms with Gasteiger partial charge in [-0.15, -0.1) is 0 Å². The summed E-state index contributed by atoms with van der Waals surface area (Å²) < 4.78 is 28.6. The van der Waals surface area contributed by atoms with Gasteiger partial charge in [0, 0.05) is 0 Å². The highest BCUT2D eigenvalue weighted by Crippen LogP contribution is 2.54. The summed E-state index contributed by atoms with van der Waals surface area (Å²) >= 11 is 0. The van der Waals surface area contributed by atoms with Crippen molar-refractivity contribution in [1.82, 2.24) is 0 Å². The van der Waals surface area contributed by atoms with Gasteiger partial charge in [-0.1, -0.05) is 11.6 Å². The number of phosphoric ester groups is 1. The molecule has 0 saturated carbocycles. The first kappa shape index (κ1) is 16.9. The molecule has 0 aromatic carbocycles. The van der Waals surface area contributed by atoms with Crippen LogP contribution in [0.2, 0.25) is 0 Å². The molecule has 0 aromatic heterocycles. The van der Waals surface area contributed by atoms with Gasteiger partial charge in [-0.05, 0) is 59.8 Å². The van der Waals surface area contributed by atoms with Crippen LogP contribution in [-0.2, 0) is 18.1 Å². The first-order valence-corrected chi connectivity index (χ1v) is 8.54. The lowest BCUT2D eigenvalue weighted by atomic mass is 9.80. The van der Waals surface area contributed by atoms with Gasteiger partial charge in [0.15, 0.2) is 0 Å². The van der Waals surface area contributed by atoms with Crippen LogP contribution in [-0.4, -0.2) is 18.8 Å². The molecule has 1 rings (SSSR count). The molecular weight excluding hydrogens is 263 g/mol. The fourth-order valence-electron chi connectivity index (χ4n) is 2.37. The molecule has 4 nitrogen and oxygen atoms in total. The Morgan fingerprint density at radius 1 is 1.32 bits per heavy atom. The van der Waals surface area contributed by atoms with Crippen LogP contribution in [0.5, 0.6) is 0 Å². The predicted octanol–water partition coefficient (Wildman–Crippen LogP) is 4.71. The Hall–Kier alpha value is -0.150. The average molecular weight is 290 g/mol. The maximum absolute atomic E-state index is 12.5. The van der Waals surface area contributed by atoms with Crippen LogP contribution in [0.3, 0.4) is 0 Å². The van der Waals surface area contributed by atoms with Crippen molar-refractivity contribution >= 4 is 7.82 Å². The SMILES string of the molecule is CCOP(=O)(OCC)OC(C)(C)C1CC=C(C)CC1. The van der Waals surface area contributed by atoms with E-state index < -0.39 is 13.4 Å². The Balaban J connectivity index is 2.73. The van der Waals surface area contributed by atoms with Crippen molar-refractivity contribution < 1.29 is 18.1 Å². The number of hydrogen-bond acceptors (Lipinski definition) is 4. The van der Waals surface area contributed by atoms with Crippen molar-refractivity contribution in [3.8, 4) is 0 Å². The number of hydrogen-bond donors (Lipinski definition) is 0. The van der Waals surface area contributed by atoms with E-state index in [0.717, 1.165) is 19.3 Å². The second-order valence-corrected chi connectivity index (χ2v) is 7.09. The van der Waals surface area contributed by atoms with Crippen LogP contribution in [0.1, 0.15) is 53.9 Å². The second-order valence-electron chi connectivity index (χ2n) is 5.50. The number of phosphoric acid groups is 1. The topological polar surface area (TPSA) is 44.8 Å². The van der Waals surface area contributed by atoms with Crippen molar-refractivity contribution in [2.75, 3.05) is 13.2 Å². The lowest BCUT2D eigenvalue weighted by molar-refractivity contribution is -0.00758. The number of allylic oxidation sites excluding steroid dienone is 2. The summed E-state index contributed by atoms with van der Waals surface area (Å²) in [5.74, 6) is 0.338. The van der Waals surface area contributed by atoms with E-state index in [1.54, 1.807) is 13.8 Å². The molecule has 1 aliphatic carbocycles. The lowest BCUT2D eigenvalue weighted by Gasteiger charge is -2.37. The molecule has 112 valence electrons. The average Bonchev–Trinajstić information content (AvgIpc) is 2.28. The molecule has 0 spiro atoms. The Morgan fingerprint density at radius 2 is 1.89 bits per heavy atom. The van der Waals surface area contributed by atoms with Crippen LogP contribution in [0.4, 0.5) is 0 Å². The molecule has 1 atom stereocenters. The third kappa shape index (κ3) is 5.03. The summed E-state index contributed by atoms with van der Waals surface area (Å²) in [6, 6.07) is 0. The zero-order chi connectivity index (χ0) is 14.5. The van der Waals surface area contributed by atoms with Crippen molar-refractivity contribution in [3.05, 3.63) is 11.6 Å². The minimum Gasteiger partial charge on any atom is -0.287 e. The van der Waals surface area contributed by atoms with Gasteiger partial charge < -0.3 is 0 Å². The Kier molecular flexibility index (Phi) is 6.25. The molecule has 1 aliphatic rings. The smallest absolute Gasteiger partial charge is 0.287 e. The predicted molar refractivity (Wildman–Crippen MR) is 77.1 cm³/mol. The first-order chi connectivity index (χ1) is 8.83. The first-order valence-electron chi connectivity index (χ1n) is 7.08. The molecule has 0 radical (unpaired) electrons. The van der Waals surface area contributed by atoms with E-state index in [0.29, 0.717) is 19.1 Å². The van der Waals surface area contributed by atoms with Gasteiger partial charge in [-0.3, -0.25) is 13.6 Å². The monoisotopic (exact) mass is 290 g/mol. The normalized spacial score (nSPS) is 21.3. The molecule has 0 aliphatic heterocycles. The summed E-state index contributed by atoms with van der Waals surface area (Å²) in [5.41, 5.74) is 0.904. The maximum atomic E-state index is 12.5. The highest BCUT2D eigenvalue weighted by atomic mass is 31.2. The molecule has 0 bridgehead atoms. The Labute approximate surface area is 117 Å². The van der Waals surface area contributed by atoms with E-state index in [-0.39, 0.29) is 0 Å². The Morgan fingerprint density at radius 3 is 2.32 bits per heavy atom. The lowest BCUT2D eigenvalue weighted by Crippen LogP contribution is -2.35. The summed E-state index contributed by atoms with van der Waals surface area (Å²) in [7, 11) is -3.44.